The van der Waals surface area contributed by atoms with E-state index in [9.17, 15) is 12.8 Å². The molecular formula is C25H22ClFN2O3S. The van der Waals surface area contributed by atoms with E-state index in [0.717, 1.165) is 23.2 Å². The number of allylic oxidation sites excluding steroid dienone is 2. The maximum absolute atomic E-state index is 13.4. The van der Waals surface area contributed by atoms with E-state index in [1.54, 1.807) is 42.5 Å². The summed E-state index contributed by atoms with van der Waals surface area (Å²) in [5, 5.41) is 3.94. The summed E-state index contributed by atoms with van der Waals surface area (Å²) in [5.41, 5.74) is 3.08. The Kier molecular flexibility index (Phi) is 5.54. The van der Waals surface area contributed by atoms with Crippen LogP contribution in [0.2, 0.25) is 5.02 Å². The fourth-order valence-corrected chi connectivity index (χ4v) is 5.97. The molecule has 1 heterocycles. The molecule has 170 valence electrons. The smallest absolute Gasteiger partial charge is 0.262 e. The molecule has 0 fully saturated rings. The third-order valence-electron chi connectivity index (χ3n) is 6.28. The Balaban J connectivity index is 1.49. The number of hydrogen-bond donors (Lipinski definition) is 2. The minimum atomic E-state index is -3.88. The molecule has 3 aromatic rings. The first-order valence-corrected chi connectivity index (χ1v) is 12.4. The topological polar surface area (TPSA) is 67.4 Å². The zero-order chi connectivity index (χ0) is 23.2. The van der Waals surface area contributed by atoms with Gasteiger partial charge in [0.25, 0.3) is 10.0 Å². The summed E-state index contributed by atoms with van der Waals surface area (Å²) in [6.07, 6.45) is 5.11. The molecule has 2 aliphatic rings. The molecular weight excluding hydrogens is 463 g/mol. The van der Waals surface area contributed by atoms with Gasteiger partial charge in [-0.05, 0) is 72.0 Å². The molecule has 1 aliphatic heterocycles. The molecule has 0 saturated carbocycles. The number of methoxy groups -OCH3 is 1. The molecule has 0 bridgehead atoms. The van der Waals surface area contributed by atoms with Gasteiger partial charge in [-0.3, -0.25) is 4.72 Å². The van der Waals surface area contributed by atoms with E-state index < -0.39 is 10.0 Å². The first kappa shape index (κ1) is 21.8. The highest BCUT2D eigenvalue weighted by atomic mass is 35.5. The van der Waals surface area contributed by atoms with Crippen LogP contribution < -0.4 is 14.8 Å². The molecule has 33 heavy (non-hydrogen) atoms. The van der Waals surface area contributed by atoms with Gasteiger partial charge >= 0.3 is 0 Å². The Hall–Kier alpha value is -3.03. The number of halogens is 2. The first-order valence-electron chi connectivity index (χ1n) is 10.5. The monoisotopic (exact) mass is 484 g/mol. The van der Waals surface area contributed by atoms with Gasteiger partial charge in [-0.25, -0.2) is 12.8 Å². The molecule has 0 amide bonds. The van der Waals surface area contributed by atoms with Crippen LogP contribution in [0.15, 0.2) is 77.7 Å². The second-order valence-corrected chi connectivity index (χ2v) is 10.3. The second kappa shape index (κ2) is 8.39. The molecule has 0 spiro atoms. The third kappa shape index (κ3) is 4.07. The van der Waals surface area contributed by atoms with Gasteiger partial charge in [0, 0.05) is 16.6 Å². The molecule has 0 saturated heterocycles. The summed E-state index contributed by atoms with van der Waals surface area (Å²) in [6.45, 7) is 0. The van der Waals surface area contributed by atoms with Crippen molar-refractivity contribution in [1.29, 1.82) is 0 Å². The van der Waals surface area contributed by atoms with Gasteiger partial charge in [-0.15, -0.1) is 0 Å². The highest BCUT2D eigenvalue weighted by Crippen LogP contribution is 2.50. The average molecular weight is 485 g/mol. The number of rotatable bonds is 5. The molecule has 5 nitrogen and oxygen atoms in total. The summed E-state index contributed by atoms with van der Waals surface area (Å²) in [5.74, 6) is 0.382. The van der Waals surface area contributed by atoms with Crippen molar-refractivity contribution in [3.05, 3.63) is 94.8 Å². The zero-order valence-electron chi connectivity index (χ0n) is 17.8. The fraction of sp³-hybridized carbons (Fsp3) is 0.200. The average Bonchev–Trinajstić information content (AvgIpc) is 3.29. The van der Waals surface area contributed by atoms with E-state index in [4.69, 9.17) is 16.3 Å². The lowest BCUT2D eigenvalue weighted by atomic mass is 9.77. The number of ether oxygens (including phenoxy) is 1. The molecule has 0 radical (unpaired) electrons. The predicted molar refractivity (Wildman–Crippen MR) is 128 cm³/mol. The van der Waals surface area contributed by atoms with Crippen molar-refractivity contribution < 1.29 is 17.5 Å². The van der Waals surface area contributed by atoms with Gasteiger partial charge in [0.05, 0.1) is 23.7 Å². The summed E-state index contributed by atoms with van der Waals surface area (Å²) < 4.78 is 47.7. The molecule has 1 aliphatic carbocycles. The van der Waals surface area contributed by atoms with Crippen LogP contribution in [0, 0.1) is 11.7 Å². The summed E-state index contributed by atoms with van der Waals surface area (Å²) in [6, 6.07) is 16.4. The van der Waals surface area contributed by atoms with Crippen molar-refractivity contribution in [2.75, 3.05) is 17.1 Å². The summed E-state index contributed by atoms with van der Waals surface area (Å²) in [4.78, 5) is 0.157. The van der Waals surface area contributed by atoms with Crippen molar-refractivity contribution in [3.63, 3.8) is 0 Å². The van der Waals surface area contributed by atoms with Crippen LogP contribution >= 0.6 is 11.6 Å². The third-order valence-corrected chi connectivity index (χ3v) is 7.88. The van der Waals surface area contributed by atoms with Gasteiger partial charge in [0.2, 0.25) is 0 Å². The van der Waals surface area contributed by atoms with E-state index >= 15 is 0 Å². The lowest BCUT2D eigenvalue weighted by Gasteiger charge is -2.37. The fourth-order valence-electron chi connectivity index (χ4n) is 4.70. The van der Waals surface area contributed by atoms with E-state index in [0.29, 0.717) is 10.8 Å². The molecule has 0 aromatic heterocycles. The molecule has 3 aromatic carbocycles. The lowest BCUT2D eigenvalue weighted by Crippen LogP contribution is -2.29. The standard InChI is InChI=1S/C25H22ClFN2O3S/c1-32-24-12-7-16(26)13-23(24)29-33(30,31)18-10-11-22-21(14-18)19-3-2-4-20(19)25(28-22)15-5-8-17(27)9-6-15/h2-3,5-14,19-20,25,28-29H,4H2,1H3/t19-,20+,25+/m0/s1. The van der Waals surface area contributed by atoms with E-state index in [1.807, 2.05) is 0 Å². The highest BCUT2D eigenvalue weighted by molar-refractivity contribution is 7.92. The van der Waals surface area contributed by atoms with Crippen molar-refractivity contribution in [3.8, 4) is 5.75 Å². The minimum Gasteiger partial charge on any atom is -0.495 e. The molecule has 0 unspecified atom stereocenters. The van der Waals surface area contributed by atoms with Crippen molar-refractivity contribution >= 4 is 33.0 Å². The van der Waals surface area contributed by atoms with Gasteiger partial charge in [0.1, 0.15) is 11.6 Å². The number of hydrogen-bond acceptors (Lipinski definition) is 4. The summed E-state index contributed by atoms with van der Waals surface area (Å²) >= 11 is 6.05. The van der Waals surface area contributed by atoms with Gasteiger partial charge < -0.3 is 10.1 Å². The SMILES string of the molecule is COc1ccc(Cl)cc1NS(=O)(=O)c1ccc2c(c1)[C@H]1C=CC[C@H]1[C@@H](c1ccc(F)cc1)N2. The van der Waals surface area contributed by atoms with Gasteiger partial charge in [0.15, 0.2) is 0 Å². The predicted octanol–water partition coefficient (Wildman–Crippen LogP) is 6.12. The van der Waals surface area contributed by atoms with Gasteiger partial charge in [-0.1, -0.05) is 35.9 Å². The van der Waals surface area contributed by atoms with Crippen LogP contribution in [0.25, 0.3) is 0 Å². The molecule has 8 heteroatoms. The second-order valence-electron chi connectivity index (χ2n) is 8.23. The van der Waals surface area contributed by atoms with Crippen molar-refractivity contribution in [2.45, 2.75) is 23.3 Å². The van der Waals surface area contributed by atoms with Crippen LogP contribution in [0.4, 0.5) is 15.8 Å². The largest absolute Gasteiger partial charge is 0.495 e. The van der Waals surface area contributed by atoms with Crippen molar-refractivity contribution in [1.82, 2.24) is 0 Å². The van der Waals surface area contributed by atoms with Crippen LogP contribution in [0.5, 0.6) is 5.75 Å². The molecule has 5 rings (SSSR count). The number of benzene rings is 3. The normalized spacial score (nSPS) is 21.1. The van der Waals surface area contributed by atoms with E-state index in [-0.39, 0.29) is 34.3 Å². The van der Waals surface area contributed by atoms with Gasteiger partial charge in [-0.2, -0.15) is 0 Å². The van der Waals surface area contributed by atoms with Crippen LogP contribution in [0.1, 0.15) is 29.5 Å². The number of anilines is 2. The Morgan fingerprint density at radius 2 is 1.88 bits per heavy atom. The minimum absolute atomic E-state index is 0.00871. The lowest BCUT2D eigenvalue weighted by molar-refractivity contribution is 0.417. The zero-order valence-corrected chi connectivity index (χ0v) is 19.3. The Bertz CT molecular complexity index is 1340. The van der Waals surface area contributed by atoms with Crippen LogP contribution in [0.3, 0.4) is 0 Å². The Morgan fingerprint density at radius 3 is 2.64 bits per heavy atom. The van der Waals surface area contributed by atoms with E-state index in [1.165, 1.54) is 25.3 Å². The first-order chi connectivity index (χ1) is 15.9. The quantitative estimate of drug-likeness (QED) is 0.428. The van der Waals surface area contributed by atoms with E-state index in [2.05, 4.69) is 22.2 Å². The van der Waals surface area contributed by atoms with Crippen LogP contribution in [-0.2, 0) is 10.0 Å². The number of nitrogens with one attached hydrogen (secondary N) is 2. The number of fused-ring (bicyclic) bond motifs is 3. The summed E-state index contributed by atoms with van der Waals surface area (Å²) in [7, 11) is -2.41. The Morgan fingerprint density at radius 1 is 1.09 bits per heavy atom. The van der Waals surface area contributed by atoms with Crippen molar-refractivity contribution in [2.24, 2.45) is 5.92 Å². The molecule has 2 N–H and O–H groups in total. The highest BCUT2D eigenvalue weighted by Gasteiger charge is 2.38. The molecule has 3 atom stereocenters. The number of sulfonamides is 1. The maximum atomic E-state index is 13.4. The van der Waals surface area contributed by atoms with Crippen LogP contribution in [-0.4, -0.2) is 15.5 Å². The maximum Gasteiger partial charge on any atom is 0.262 e. The Labute approximate surface area is 197 Å².